The van der Waals surface area contributed by atoms with Crippen LogP contribution in [-0.4, -0.2) is 19.4 Å². The number of amides is 1. The molecule has 2 rings (SSSR count). The molecule has 0 aliphatic carbocycles. The van der Waals surface area contributed by atoms with E-state index >= 15 is 0 Å². The maximum Gasteiger partial charge on any atom is 0.257 e. The maximum absolute atomic E-state index is 12.0. The normalized spacial score (nSPS) is 11.2. The summed E-state index contributed by atoms with van der Waals surface area (Å²) in [5, 5.41) is 2.19. The number of benzene rings is 2. The molecule has 2 aromatic carbocycles. The molecular weight excluding hydrogens is 346 g/mol. The van der Waals surface area contributed by atoms with Crippen molar-refractivity contribution in [2.24, 2.45) is 0 Å². The van der Waals surface area contributed by atoms with Crippen molar-refractivity contribution in [2.75, 3.05) is 0 Å². The topological polar surface area (TPSA) is 87.3 Å². The van der Waals surface area contributed by atoms with Crippen molar-refractivity contribution in [1.82, 2.24) is 15.6 Å². The number of carbonyl (C=O) groups excluding carboxylic acids is 1. The van der Waals surface area contributed by atoms with Gasteiger partial charge in [-0.1, -0.05) is 48.5 Å². The van der Waals surface area contributed by atoms with E-state index in [-0.39, 0.29) is 10.0 Å². The molecule has 8 heteroatoms. The van der Waals surface area contributed by atoms with Crippen LogP contribution in [0.15, 0.2) is 71.6 Å². The lowest BCUT2D eigenvalue weighted by Crippen LogP contribution is -2.48. The molecule has 1 amide bonds. The van der Waals surface area contributed by atoms with Gasteiger partial charge in [-0.05, 0) is 36.0 Å². The largest absolute Gasteiger partial charge is 0.298 e. The fourth-order valence-corrected chi connectivity index (χ4v) is 2.78. The first-order valence-electron chi connectivity index (χ1n) is 6.88. The van der Waals surface area contributed by atoms with Crippen LogP contribution in [0.5, 0.6) is 0 Å². The number of thiocarbonyl (C=S) groups is 1. The summed E-state index contributed by atoms with van der Waals surface area (Å²) in [6.45, 7) is 0. The summed E-state index contributed by atoms with van der Waals surface area (Å²) in [6.07, 6.45) is 2.92. The average Bonchev–Trinajstić information content (AvgIpc) is 2.60. The minimum atomic E-state index is -3.76. The van der Waals surface area contributed by atoms with Crippen LogP contribution in [0, 0.1) is 0 Å². The van der Waals surface area contributed by atoms with E-state index in [0.717, 1.165) is 5.56 Å². The fraction of sp³-hybridized carbons (Fsp3) is 0. The minimum Gasteiger partial charge on any atom is -0.298 e. The molecular formula is C16H15N3O3S2. The Morgan fingerprint density at radius 1 is 0.958 bits per heavy atom. The highest BCUT2D eigenvalue weighted by atomic mass is 32.2. The van der Waals surface area contributed by atoms with Gasteiger partial charge < -0.3 is 0 Å². The lowest BCUT2D eigenvalue weighted by atomic mass is 10.2. The van der Waals surface area contributed by atoms with E-state index < -0.39 is 15.9 Å². The molecule has 0 radical (unpaired) electrons. The summed E-state index contributed by atoms with van der Waals surface area (Å²) in [4.78, 5) is 13.9. The highest BCUT2D eigenvalue weighted by Crippen LogP contribution is 2.05. The molecule has 0 bridgehead atoms. The van der Waals surface area contributed by atoms with Gasteiger partial charge in [-0.25, -0.2) is 8.42 Å². The lowest BCUT2D eigenvalue weighted by molar-refractivity contribution is -0.115. The van der Waals surface area contributed by atoms with E-state index in [1.807, 2.05) is 30.3 Å². The molecule has 24 heavy (non-hydrogen) atoms. The highest BCUT2D eigenvalue weighted by Gasteiger charge is 2.13. The second kappa shape index (κ2) is 8.34. The fourth-order valence-electron chi connectivity index (χ4n) is 1.69. The third-order valence-electron chi connectivity index (χ3n) is 2.82. The Kier molecular flexibility index (Phi) is 6.19. The van der Waals surface area contributed by atoms with Crippen molar-refractivity contribution >= 4 is 39.3 Å². The number of sulfonamides is 1. The molecule has 0 fully saturated rings. The highest BCUT2D eigenvalue weighted by molar-refractivity contribution is 7.89. The van der Waals surface area contributed by atoms with Gasteiger partial charge in [-0.2, -0.15) is 0 Å². The second-order valence-electron chi connectivity index (χ2n) is 4.61. The molecule has 0 aliphatic rings. The summed E-state index contributed by atoms with van der Waals surface area (Å²) in [6, 6.07) is 17.0. The lowest BCUT2D eigenvalue weighted by Gasteiger charge is -2.10. The van der Waals surface area contributed by atoms with Crippen molar-refractivity contribution in [3.63, 3.8) is 0 Å². The van der Waals surface area contributed by atoms with Crippen molar-refractivity contribution in [3.05, 3.63) is 72.3 Å². The van der Waals surface area contributed by atoms with Crippen molar-refractivity contribution in [3.8, 4) is 0 Å². The number of rotatable bonds is 5. The van der Waals surface area contributed by atoms with Crippen LogP contribution in [0.3, 0.4) is 0 Å². The number of carbonyl (C=O) groups is 1. The molecule has 124 valence electrons. The first-order valence-corrected chi connectivity index (χ1v) is 8.77. The molecule has 0 aliphatic heterocycles. The molecule has 0 unspecified atom stereocenters. The van der Waals surface area contributed by atoms with Gasteiger partial charge >= 0.3 is 0 Å². The van der Waals surface area contributed by atoms with Crippen molar-refractivity contribution in [1.29, 1.82) is 0 Å². The van der Waals surface area contributed by atoms with Gasteiger partial charge in [0.2, 0.25) is 5.91 Å². The van der Waals surface area contributed by atoms with E-state index in [4.69, 9.17) is 12.2 Å². The first-order chi connectivity index (χ1) is 11.5. The van der Waals surface area contributed by atoms with Crippen LogP contribution in [0.2, 0.25) is 0 Å². The Labute approximate surface area is 145 Å². The minimum absolute atomic E-state index is 0.0793. The molecule has 0 atom stereocenters. The van der Waals surface area contributed by atoms with Gasteiger partial charge in [0.25, 0.3) is 10.0 Å². The Balaban J connectivity index is 1.85. The van der Waals surface area contributed by atoms with Crippen LogP contribution in [0.4, 0.5) is 0 Å². The third kappa shape index (κ3) is 5.58. The van der Waals surface area contributed by atoms with Gasteiger partial charge in [0, 0.05) is 6.08 Å². The molecule has 0 heterocycles. The first kappa shape index (κ1) is 17.8. The van der Waals surface area contributed by atoms with Crippen LogP contribution < -0.4 is 15.6 Å². The van der Waals surface area contributed by atoms with Crippen LogP contribution in [0.25, 0.3) is 6.08 Å². The SMILES string of the molecule is O=C(/C=C/c1ccccc1)NC(=S)NNS(=O)(=O)c1ccccc1. The zero-order valence-corrected chi connectivity index (χ0v) is 14.1. The molecule has 2 aromatic rings. The molecule has 0 spiro atoms. The van der Waals surface area contributed by atoms with Gasteiger partial charge in [0.1, 0.15) is 0 Å². The van der Waals surface area contributed by atoms with E-state index in [2.05, 4.69) is 15.6 Å². The van der Waals surface area contributed by atoms with Gasteiger partial charge in [-0.15, -0.1) is 4.83 Å². The molecule has 3 N–H and O–H groups in total. The average molecular weight is 361 g/mol. The number of hydrazine groups is 1. The molecule has 0 aromatic heterocycles. The smallest absolute Gasteiger partial charge is 0.257 e. The Bertz CT molecular complexity index is 835. The van der Waals surface area contributed by atoms with Crippen LogP contribution in [0.1, 0.15) is 5.56 Å². The predicted molar refractivity (Wildman–Crippen MR) is 96.1 cm³/mol. The van der Waals surface area contributed by atoms with Crippen molar-refractivity contribution in [2.45, 2.75) is 4.90 Å². The zero-order valence-electron chi connectivity index (χ0n) is 12.5. The molecule has 0 saturated carbocycles. The summed E-state index contributed by atoms with van der Waals surface area (Å²) >= 11 is 4.88. The Hall–Kier alpha value is -2.55. The monoisotopic (exact) mass is 361 g/mol. The Morgan fingerprint density at radius 2 is 1.54 bits per heavy atom. The quantitative estimate of drug-likeness (QED) is 0.428. The number of nitrogens with one attached hydrogen (secondary N) is 3. The number of hydrogen-bond acceptors (Lipinski definition) is 4. The van der Waals surface area contributed by atoms with Crippen molar-refractivity contribution < 1.29 is 13.2 Å². The summed E-state index contributed by atoms with van der Waals surface area (Å²) in [7, 11) is -3.76. The summed E-state index contributed by atoms with van der Waals surface area (Å²) in [5.74, 6) is -0.477. The summed E-state index contributed by atoms with van der Waals surface area (Å²) < 4.78 is 23.9. The predicted octanol–water partition coefficient (Wildman–Crippen LogP) is 1.58. The Morgan fingerprint density at radius 3 is 2.17 bits per heavy atom. The van der Waals surface area contributed by atoms with Crippen LogP contribution in [-0.2, 0) is 14.8 Å². The van der Waals surface area contributed by atoms with Gasteiger partial charge in [0.15, 0.2) is 5.11 Å². The van der Waals surface area contributed by atoms with E-state index in [1.165, 1.54) is 18.2 Å². The standard InChI is InChI=1S/C16H15N3O3S2/c20-15(12-11-13-7-3-1-4-8-13)17-16(23)18-19-24(21,22)14-9-5-2-6-10-14/h1-12,19H,(H2,17,18,20,23)/b12-11+. The third-order valence-corrected chi connectivity index (χ3v) is 4.28. The number of hydrogen-bond donors (Lipinski definition) is 3. The van der Waals surface area contributed by atoms with Crippen LogP contribution >= 0.6 is 12.2 Å². The maximum atomic E-state index is 12.0. The molecule has 6 nitrogen and oxygen atoms in total. The molecule has 0 saturated heterocycles. The zero-order chi connectivity index (χ0) is 17.4. The van der Waals surface area contributed by atoms with Gasteiger partial charge in [0.05, 0.1) is 4.90 Å². The summed E-state index contributed by atoms with van der Waals surface area (Å²) in [5.41, 5.74) is 3.14. The van der Waals surface area contributed by atoms with Gasteiger partial charge in [-0.3, -0.25) is 15.5 Å². The van der Waals surface area contributed by atoms with E-state index in [0.29, 0.717) is 0 Å². The second-order valence-corrected chi connectivity index (χ2v) is 6.70. The van der Waals surface area contributed by atoms with E-state index in [9.17, 15) is 13.2 Å². The van der Waals surface area contributed by atoms with E-state index in [1.54, 1.807) is 24.3 Å².